The minimum absolute atomic E-state index is 0. The van der Waals surface area contributed by atoms with Crippen molar-refractivity contribution in [1.82, 2.24) is 0 Å². The fourth-order valence-corrected chi connectivity index (χ4v) is 1.94. The lowest BCUT2D eigenvalue weighted by atomic mass is 9.85. The van der Waals surface area contributed by atoms with Crippen LogP contribution in [0.1, 0.15) is 19.4 Å². The Morgan fingerprint density at radius 3 is 2.31 bits per heavy atom. The van der Waals surface area contributed by atoms with Crippen LogP contribution in [0.5, 0.6) is 0 Å². The van der Waals surface area contributed by atoms with Crippen molar-refractivity contribution in [3.8, 4) is 0 Å². The molecule has 1 rings (SSSR count). The van der Waals surface area contributed by atoms with Crippen LogP contribution in [0.25, 0.3) is 0 Å². The van der Waals surface area contributed by atoms with E-state index in [0.29, 0.717) is 6.54 Å². The molecule has 1 nitrogen and oxygen atoms in total. The van der Waals surface area contributed by atoms with Gasteiger partial charge in [0, 0.05) is 16.4 Å². The van der Waals surface area contributed by atoms with Crippen LogP contribution in [-0.2, 0) is 5.41 Å². The van der Waals surface area contributed by atoms with Crippen LogP contribution in [0.15, 0.2) is 28.7 Å². The summed E-state index contributed by atoms with van der Waals surface area (Å²) >= 11 is 3.52. The molecular weight excluding hydrogens is 249 g/mol. The molecule has 74 valence electrons. The highest BCUT2D eigenvalue weighted by atomic mass is 79.9. The number of hydrogen-bond acceptors (Lipinski definition) is 1. The third-order valence-electron chi connectivity index (χ3n) is 2.11. The van der Waals surface area contributed by atoms with Gasteiger partial charge < -0.3 is 5.73 Å². The molecule has 0 aliphatic rings. The van der Waals surface area contributed by atoms with Gasteiger partial charge >= 0.3 is 0 Å². The summed E-state index contributed by atoms with van der Waals surface area (Å²) in [6, 6.07) is 8.21. The maximum absolute atomic E-state index is 5.69. The highest BCUT2D eigenvalue weighted by molar-refractivity contribution is 9.10. The van der Waals surface area contributed by atoms with Crippen LogP contribution >= 0.6 is 28.3 Å². The van der Waals surface area contributed by atoms with E-state index in [1.807, 2.05) is 18.2 Å². The zero-order valence-electron chi connectivity index (χ0n) is 7.88. The molecule has 0 spiro atoms. The molecule has 0 bridgehead atoms. The van der Waals surface area contributed by atoms with Crippen molar-refractivity contribution in [2.24, 2.45) is 5.73 Å². The first kappa shape index (κ1) is 12.9. The summed E-state index contributed by atoms with van der Waals surface area (Å²) < 4.78 is 1.14. The molecule has 1 aromatic carbocycles. The molecule has 13 heavy (non-hydrogen) atoms. The number of benzene rings is 1. The molecule has 0 radical (unpaired) electrons. The lowest BCUT2D eigenvalue weighted by molar-refractivity contribution is 0.536. The van der Waals surface area contributed by atoms with E-state index < -0.39 is 0 Å². The highest BCUT2D eigenvalue weighted by Gasteiger charge is 2.20. The third kappa shape index (κ3) is 2.97. The molecule has 0 saturated carbocycles. The standard InChI is InChI=1S/C10H14BrN.ClH/c1-10(2,7-12)8-5-3-4-6-9(8)11;/h3-6H,7,12H2,1-2H3;1H. The molecule has 0 aliphatic heterocycles. The lowest BCUT2D eigenvalue weighted by Gasteiger charge is -2.24. The molecule has 0 aliphatic carbocycles. The van der Waals surface area contributed by atoms with E-state index in [4.69, 9.17) is 5.73 Å². The first-order valence-electron chi connectivity index (χ1n) is 4.03. The normalized spacial score (nSPS) is 10.8. The average Bonchev–Trinajstić information content (AvgIpc) is 2.05. The van der Waals surface area contributed by atoms with E-state index in [0.717, 1.165) is 4.47 Å². The molecular formula is C10H15BrClN. The molecule has 0 aromatic heterocycles. The predicted molar refractivity (Wildman–Crippen MR) is 63.5 cm³/mol. The summed E-state index contributed by atoms with van der Waals surface area (Å²) in [7, 11) is 0. The maximum atomic E-state index is 5.69. The van der Waals surface area contributed by atoms with Crippen LogP contribution in [0.3, 0.4) is 0 Å². The fraction of sp³-hybridized carbons (Fsp3) is 0.400. The van der Waals surface area contributed by atoms with Gasteiger partial charge in [0.05, 0.1) is 0 Å². The van der Waals surface area contributed by atoms with E-state index in [2.05, 4.69) is 35.8 Å². The molecule has 2 N–H and O–H groups in total. The van der Waals surface area contributed by atoms with Gasteiger partial charge in [0.25, 0.3) is 0 Å². The maximum Gasteiger partial charge on any atom is 0.0213 e. The monoisotopic (exact) mass is 263 g/mol. The number of nitrogens with two attached hydrogens (primary N) is 1. The number of rotatable bonds is 2. The molecule has 0 fully saturated rings. The van der Waals surface area contributed by atoms with Gasteiger partial charge in [-0.1, -0.05) is 48.0 Å². The highest BCUT2D eigenvalue weighted by Crippen LogP contribution is 2.28. The van der Waals surface area contributed by atoms with E-state index >= 15 is 0 Å². The van der Waals surface area contributed by atoms with Crippen molar-refractivity contribution in [1.29, 1.82) is 0 Å². The van der Waals surface area contributed by atoms with Gasteiger partial charge in [0.15, 0.2) is 0 Å². The summed E-state index contributed by atoms with van der Waals surface area (Å²) in [5.41, 5.74) is 7.01. The first-order chi connectivity index (χ1) is 5.58. The quantitative estimate of drug-likeness (QED) is 0.873. The van der Waals surface area contributed by atoms with Crippen molar-refractivity contribution in [2.75, 3.05) is 6.54 Å². The van der Waals surface area contributed by atoms with Gasteiger partial charge in [-0.15, -0.1) is 12.4 Å². The topological polar surface area (TPSA) is 26.0 Å². The summed E-state index contributed by atoms with van der Waals surface area (Å²) in [5, 5.41) is 0. The van der Waals surface area contributed by atoms with Crippen molar-refractivity contribution < 1.29 is 0 Å². The second-order valence-electron chi connectivity index (χ2n) is 3.57. The van der Waals surface area contributed by atoms with Gasteiger partial charge in [0.1, 0.15) is 0 Å². The van der Waals surface area contributed by atoms with Crippen molar-refractivity contribution in [3.63, 3.8) is 0 Å². The molecule has 0 saturated heterocycles. The number of hydrogen-bond donors (Lipinski definition) is 1. The Balaban J connectivity index is 0.00000144. The fourth-order valence-electron chi connectivity index (χ4n) is 1.12. The van der Waals surface area contributed by atoms with Crippen LogP contribution in [0.2, 0.25) is 0 Å². The lowest BCUT2D eigenvalue weighted by Crippen LogP contribution is -2.28. The Hall–Kier alpha value is -0.0500. The molecule has 0 atom stereocenters. The summed E-state index contributed by atoms with van der Waals surface area (Å²) in [6.07, 6.45) is 0. The Labute approximate surface area is 94.3 Å². The number of halogens is 2. The summed E-state index contributed by atoms with van der Waals surface area (Å²) in [6.45, 7) is 4.95. The third-order valence-corrected chi connectivity index (χ3v) is 2.80. The second kappa shape index (κ2) is 4.99. The van der Waals surface area contributed by atoms with Gasteiger partial charge in [0.2, 0.25) is 0 Å². The van der Waals surface area contributed by atoms with Crippen LogP contribution in [-0.4, -0.2) is 6.54 Å². The van der Waals surface area contributed by atoms with Crippen LogP contribution in [0, 0.1) is 0 Å². The summed E-state index contributed by atoms with van der Waals surface area (Å²) in [5.74, 6) is 0. The Kier molecular flexibility index (Phi) is 4.97. The molecule has 3 heteroatoms. The zero-order chi connectivity index (χ0) is 9.19. The smallest absolute Gasteiger partial charge is 0.0213 e. The minimum atomic E-state index is 0. The van der Waals surface area contributed by atoms with E-state index in [1.165, 1.54) is 5.56 Å². The second-order valence-corrected chi connectivity index (χ2v) is 4.42. The SMILES string of the molecule is CC(C)(CN)c1ccccc1Br.Cl. The molecule has 0 heterocycles. The van der Waals surface area contributed by atoms with Gasteiger partial charge in [-0.25, -0.2) is 0 Å². The van der Waals surface area contributed by atoms with E-state index in [1.54, 1.807) is 0 Å². The van der Waals surface area contributed by atoms with Crippen LogP contribution in [0.4, 0.5) is 0 Å². The van der Waals surface area contributed by atoms with Crippen molar-refractivity contribution in [3.05, 3.63) is 34.3 Å². The largest absolute Gasteiger partial charge is 0.330 e. The predicted octanol–water partition coefficient (Wildman–Crippen LogP) is 3.11. The Bertz CT molecular complexity index is 273. The van der Waals surface area contributed by atoms with E-state index in [9.17, 15) is 0 Å². The average molecular weight is 265 g/mol. The molecule has 0 amide bonds. The van der Waals surface area contributed by atoms with Gasteiger partial charge in [-0.2, -0.15) is 0 Å². The Morgan fingerprint density at radius 2 is 1.85 bits per heavy atom. The molecule has 1 aromatic rings. The van der Waals surface area contributed by atoms with Gasteiger partial charge in [-0.05, 0) is 11.6 Å². The molecule has 0 unspecified atom stereocenters. The Morgan fingerprint density at radius 1 is 1.31 bits per heavy atom. The minimum Gasteiger partial charge on any atom is -0.330 e. The van der Waals surface area contributed by atoms with Crippen LogP contribution < -0.4 is 5.73 Å². The van der Waals surface area contributed by atoms with E-state index in [-0.39, 0.29) is 17.8 Å². The van der Waals surface area contributed by atoms with Gasteiger partial charge in [-0.3, -0.25) is 0 Å². The zero-order valence-corrected chi connectivity index (χ0v) is 10.3. The van der Waals surface area contributed by atoms with Crippen molar-refractivity contribution in [2.45, 2.75) is 19.3 Å². The first-order valence-corrected chi connectivity index (χ1v) is 4.82. The summed E-state index contributed by atoms with van der Waals surface area (Å²) in [4.78, 5) is 0. The van der Waals surface area contributed by atoms with Crippen molar-refractivity contribution >= 4 is 28.3 Å².